The smallest absolute Gasteiger partial charge is 0.261 e. The molecule has 1 aromatic carbocycles. The molecule has 0 aliphatic heterocycles. The predicted octanol–water partition coefficient (Wildman–Crippen LogP) is 3.35. The first-order valence-corrected chi connectivity index (χ1v) is 10.2. The third-order valence-electron chi connectivity index (χ3n) is 5.77. The molecule has 3 rings (SSSR count). The van der Waals surface area contributed by atoms with Crippen LogP contribution in [0.15, 0.2) is 22.7 Å². The Hall–Kier alpha value is -2.67. The fourth-order valence-electron chi connectivity index (χ4n) is 4.08. The highest BCUT2D eigenvalue weighted by atomic mass is 16.5. The van der Waals surface area contributed by atoms with Crippen molar-refractivity contribution in [3.63, 3.8) is 0 Å². The molecular formula is C22H30N4O3. The van der Waals surface area contributed by atoms with Crippen LogP contribution in [0.4, 0.5) is 5.69 Å². The van der Waals surface area contributed by atoms with E-state index in [1.807, 2.05) is 6.92 Å². The SMILES string of the molecule is Cc1cc(C(=O)NCC2CCCC(CN)C2)ccc1NC(=O)c1c(C)noc1C. The number of nitrogens with two attached hydrogens (primary N) is 1. The van der Waals surface area contributed by atoms with Crippen LogP contribution in [0, 0.1) is 32.6 Å². The topological polar surface area (TPSA) is 110 Å². The summed E-state index contributed by atoms with van der Waals surface area (Å²) in [7, 11) is 0. The number of rotatable bonds is 6. The van der Waals surface area contributed by atoms with Crippen LogP contribution in [0.3, 0.4) is 0 Å². The monoisotopic (exact) mass is 398 g/mol. The molecule has 0 spiro atoms. The molecule has 2 unspecified atom stereocenters. The third kappa shape index (κ3) is 5.03. The maximum atomic E-state index is 12.6. The number of carbonyl (C=O) groups is 2. The molecule has 0 radical (unpaired) electrons. The number of benzene rings is 1. The van der Waals surface area contributed by atoms with Crippen molar-refractivity contribution in [3.05, 3.63) is 46.3 Å². The van der Waals surface area contributed by atoms with Gasteiger partial charge in [0.2, 0.25) is 0 Å². The summed E-state index contributed by atoms with van der Waals surface area (Å²) in [5.41, 5.74) is 8.85. The molecule has 1 aromatic heterocycles. The molecular weight excluding hydrogens is 368 g/mol. The van der Waals surface area contributed by atoms with Gasteiger partial charge in [-0.15, -0.1) is 0 Å². The molecule has 0 saturated heterocycles. The zero-order chi connectivity index (χ0) is 21.0. The molecule has 1 fully saturated rings. The van der Waals surface area contributed by atoms with E-state index in [0.29, 0.717) is 46.6 Å². The summed E-state index contributed by atoms with van der Waals surface area (Å²) in [5, 5.41) is 9.74. The molecule has 1 aliphatic carbocycles. The van der Waals surface area contributed by atoms with Crippen molar-refractivity contribution in [1.82, 2.24) is 10.5 Å². The summed E-state index contributed by atoms with van der Waals surface area (Å²) in [6, 6.07) is 5.28. The summed E-state index contributed by atoms with van der Waals surface area (Å²) in [5.74, 6) is 1.19. The van der Waals surface area contributed by atoms with Gasteiger partial charge in [-0.25, -0.2) is 0 Å². The van der Waals surface area contributed by atoms with Gasteiger partial charge in [0.25, 0.3) is 11.8 Å². The molecule has 0 bridgehead atoms. The van der Waals surface area contributed by atoms with Crippen LogP contribution in [-0.4, -0.2) is 30.1 Å². The van der Waals surface area contributed by atoms with Gasteiger partial charge in [-0.1, -0.05) is 11.6 Å². The molecule has 156 valence electrons. The molecule has 2 atom stereocenters. The highest BCUT2D eigenvalue weighted by Crippen LogP contribution is 2.28. The lowest BCUT2D eigenvalue weighted by molar-refractivity contribution is 0.0939. The van der Waals surface area contributed by atoms with Crippen LogP contribution in [0.5, 0.6) is 0 Å². The highest BCUT2D eigenvalue weighted by molar-refractivity contribution is 6.06. The van der Waals surface area contributed by atoms with E-state index < -0.39 is 0 Å². The Morgan fingerprint density at radius 3 is 2.59 bits per heavy atom. The average Bonchev–Trinajstić information content (AvgIpc) is 3.06. The second kappa shape index (κ2) is 9.22. The number of aryl methyl sites for hydroxylation is 3. The molecule has 1 aliphatic rings. The molecule has 7 nitrogen and oxygen atoms in total. The second-order valence-corrected chi connectivity index (χ2v) is 8.03. The number of nitrogens with zero attached hydrogens (tertiary/aromatic N) is 1. The van der Waals surface area contributed by atoms with Crippen molar-refractivity contribution < 1.29 is 14.1 Å². The Morgan fingerprint density at radius 2 is 1.93 bits per heavy atom. The third-order valence-corrected chi connectivity index (χ3v) is 5.77. The van der Waals surface area contributed by atoms with Crippen LogP contribution in [-0.2, 0) is 0 Å². The van der Waals surface area contributed by atoms with E-state index >= 15 is 0 Å². The van der Waals surface area contributed by atoms with Crippen LogP contribution in [0.2, 0.25) is 0 Å². The van der Waals surface area contributed by atoms with E-state index in [1.54, 1.807) is 32.0 Å². The zero-order valence-corrected chi connectivity index (χ0v) is 17.4. The van der Waals surface area contributed by atoms with Gasteiger partial charge in [0.05, 0.1) is 5.69 Å². The van der Waals surface area contributed by atoms with Crippen LogP contribution in [0.25, 0.3) is 0 Å². The maximum Gasteiger partial charge on any atom is 0.261 e. The van der Waals surface area contributed by atoms with Crippen molar-refractivity contribution in [3.8, 4) is 0 Å². The summed E-state index contributed by atoms with van der Waals surface area (Å²) < 4.78 is 5.05. The zero-order valence-electron chi connectivity index (χ0n) is 17.4. The first-order valence-electron chi connectivity index (χ1n) is 10.2. The number of anilines is 1. The van der Waals surface area contributed by atoms with Crippen molar-refractivity contribution in [2.75, 3.05) is 18.4 Å². The molecule has 4 N–H and O–H groups in total. The van der Waals surface area contributed by atoms with E-state index in [-0.39, 0.29) is 11.8 Å². The van der Waals surface area contributed by atoms with Gasteiger partial charge in [0, 0.05) is 17.8 Å². The van der Waals surface area contributed by atoms with Gasteiger partial charge < -0.3 is 20.9 Å². The molecule has 2 aromatic rings. The molecule has 2 amide bonds. The van der Waals surface area contributed by atoms with Gasteiger partial charge in [-0.05, 0) is 82.2 Å². The Balaban J connectivity index is 1.60. The van der Waals surface area contributed by atoms with E-state index in [4.69, 9.17) is 10.3 Å². The number of aromatic nitrogens is 1. The summed E-state index contributed by atoms with van der Waals surface area (Å²) in [6.45, 7) is 6.71. The standard InChI is InChI=1S/C22H30N4O3/c1-13-9-18(21(27)24-12-17-6-4-5-16(10-17)11-23)7-8-19(13)25-22(28)20-14(2)26-29-15(20)3/h7-9,16-17H,4-6,10-12,23H2,1-3H3,(H,24,27)(H,25,28). The Morgan fingerprint density at radius 1 is 1.17 bits per heavy atom. The number of carbonyl (C=O) groups excluding carboxylic acids is 2. The van der Waals surface area contributed by atoms with Gasteiger partial charge in [0.1, 0.15) is 11.3 Å². The lowest BCUT2D eigenvalue weighted by Gasteiger charge is -2.28. The molecule has 29 heavy (non-hydrogen) atoms. The normalized spacial score (nSPS) is 19.0. The Bertz CT molecular complexity index is 871. The predicted molar refractivity (Wildman–Crippen MR) is 112 cm³/mol. The van der Waals surface area contributed by atoms with E-state index in [0.717, 1.165) is 24.9 Å². The molecule has 1 heterocycles. The van der Waals surface area contributed by atoms with Crippen molar-refractivity contribution >= 4 is 17.5 Å². The largest absolute Gasteiger partial charge is 0.361 e. The second-order valence-electron chi connectivity index (χ2n) is 8.03. The fraction of sp³-hybridized carbons (Fsp3) is 0.500. The minimum Gasteiger partial charge on any atom is -0.361 e. The number of hydrogen-bond acceptors (Lipinski definition) is 5. The van der Waals surface area contributed by atoms with Gasteiger partial charge >= 0.3 is 0 Å². The maximum absolute atomic E-state index is 12.6. The minimum absolute atomic E-state index is 0.0911. The summed E-state index contributed by atoms with van der Waals surface area (Å²) >= 11 is 0. The van der Waals surface area contributed by atoms with Gasteiger partial charge in [-0.3, -0.25) is 9.59 Å². The Labute approximate surface area is 171 Å². The van der Waals surface area contributed by atoms with E-state index in [2.05, 4.69) is 15.8 Å². The number of amides is 2. The van der Waals surface area contributed by atoms with Gasteiger partial charge in [-0.2, -0.15) is 0 Å². The molecule has 1 saturated carbocycles. The minimum atomic E-state index is -0.270. The Kier molecular flexibility index (Phi) is 6.69. The van der Waals surface area contributed by atoms with Crippen LogP contribution < -0.4 is 16.4 Å². The summed E-state index contributed by atoms with van der Waals surface area (Å²) in [6.07, 6.45) is 4.60. The highest BCUT2D eigenvalue weighted by Gasteiger charge is 2.22. The van der Waals surface area contributed by atoms with Crippen LogP contribution in [0.1, 0.15) is 63.4 Å². The lowest BCUT2D eigenvalue weighted by Crippen LogP contribution is -2.33. The quantitative estimate of drug-likeness (QED) is 0.691. The van der Waals surface area contributed by atoms with Gasteiger partial charge in [0.15, 0.2) is 0 Å². The summed E-state index contributed by atoms with van der Waals surface area (Å²) in [4.78, 5) is 25.1. The first kappa shape index (κ1) is 21.0. The fourth-order valence-corrected chi connectivity index (χ4v) is 4.08. The van der Waals surface area contributed by atoms with E-state index in [9.17, 15) is 9.59 Å². The number of hydrogen-bond donors (Lipinski definition) is 3. The lowest BCUT2D eigenvalue weighted by atomic mass is 9.81. The van der Waals surface area contributed by atoms with Crippen LogP contribution >= 0.6 is 0 Å². The van der Waals surface area contributed by atoms with Crippen molar-refractivity contribution in [2.45, 2.75) is 46.5 Å². The van der Waals surface area contributed by atoms with E-state index in [1.165, 1.54) is 12.8 Å². The van der Waals surface area contributed by atoms with Crippen molar-refractivity contribution in [2.24, 2.45) is 17.6 Å². The first-order chi connectivity index (χ1) is 13.9. The van der Waals surface area contributed by atoms with Crippen molar-refractivity contribution in [1.29, 1.82) is 0 Å². The average molecular weight is 399 g/mol. The number of nitrogens with one attached hydrogen (secondary N) is 2. The molecule has 7 heteroatoms.